The molecule has 1 aromatic carbocycles. The first-order chi connectivity index (χ1) is 7.13. The van der Waals surface area contributed by atoms with Gasteiger partial charge in [0.2, 0.25) is 0 Å². The Morgan fingerprint density at radius 1 is 1.33 bits per heavy atom. The summed E-state index contributed by atoms with van der Waals surface area (Å²) in [5.41, 5.74) is 0.702. The predicted octanol–water partition coefficient (Wildman–Crippen LogP) is 1.64. The molecule has 15 heavy (non-hydrogen) atoms. The fourth-order valence-corrected chi connectivity index (χ4v) is 3.44. The van der Waals surface area contributed by atoms with Gasteiger partial charge in [-0.1, -0.05) is 37.3 Å². The van der Waals surface area contributed by atoms with Crippen molar-refractivity contribution in [3.8, 4) is 0 Å². The Morgan fingerprint density at radius 2 is 2.00 bits per heavy atom. The van der Waals surface area contributed by atoms with Crippen LogP contribution >= 0.6 is 0 Å². The maximum Gasteiger partial charge on any atom is 0.197 e. The molecule has 0 bridgehead atoms. The van der Waals surface area contributed by atoms with Crippen molar-refractivity contribution < 1.29 is 8.42 Å². The van der Waals surface area contributed by atoms with Gasteiger partial charge >= 0.3 is 0 Å². The van der Waals surface area contributed by atoms with Crippen LogP contribution in [0, 0.1) is 0 Å². The largest absolute Gasteiger partial charge is 0.269 e. The molecular formula is C11H13NO2S. The van der Waals surface area contributed by atoms with Crippen LogP contribution in [-0.2, 0) is 9.84 Å². The highest BCUT2D eigenvalue weighted by Crippen LogP contribution is 2.19. The van der Waals surface area contributed by atoms with Crippen LogP contribution in [-0.4, -0.2) is 25.3 Å². The van der Waals surface area contributed by atoms with Crippen molar-refractivity contribution in [2.45, 2.75) is 19.4 Å². The van der Waals surface area contributed by atoms with Crippen LogP contribution in [0.4, 0.5) is 0 Å². The molecule has 0 saturated carbocycles. The second kappa shape index (κ2) is 3.77. The molecule has 2 rings (SSSR count). The molecule has 0 spiro atoms. The molecule has 0 saturated heterocycles. The van der Waals surface area contributed by atoms with Crippen molar-refractivity contribution in [3.05, 3.63) is 35.9 Å². The number of rotatable bonds is 2. The lowest BCUT2D eigenvalue weighted by atomic mass is 10.2. The van der Waals surface area contributed by atoms with E-state index in [1.54, 1.807) is 12.1 Å². The summed E-state index contributed by atoms with van der Waals surface area (Å²) >= 11 is 0. The lowest BCUT2D eigenvalue weighted by molar-refractivity contribution is 0.602. The topological polar surface area (TPSA) is 46.5 Å². The van der Waals surface area contributed by atoms with E-state index in [4.69, 9.17) is 0 Å². The Morgan fingerprint density at radius 3 is 2.53 bits per heavy atom. The summed E-state index contributed by atoms with van der Waals surface area (Å²) in [6, 6.07) is 9.02. The average molecular weight is 223 g/mol. The summed E-state index contributed by atoms with van der Waals surface area (Å²) in [6.07, 6.45) is 0.773. The first-order valence-corrected chi connectivity index (χ1v) is 6.64. The van der Waals surface area contributed by atoms with Crippen LogP contribution in [0.15, 0.2) is 35.3 Å². The maximum absolute atomic E-state index is 11.8. The van der Waals surface area contributed by atoms with Gasteiger partial charge in [-0.05, 0) is 6.42 Å². The molecular weight excluding hydrogens is 210 g/mol. The third kappa shape index (κ3) is 1.95. The predicted molar refractivity (Wildman–Crippen MR) is 60.8 cm³/mol. The summed E-state index contributed by atoms with van der Waals surface area (Å²) in [4.78, 5) is 4.26. The average Bonchev–Trinajstić information content (AvgIpc) is 2.55. The van der Waals surface area contributed by atoms with Crippen molar-refractivity contribution in [2.75, 3.05) is 5.75 Å². The third-order valence-electron chi connectivity index (χ3n) is 2.50. The molecule has 1 aliphatic rings. The molecule has 1 heterocycles. The molecule has 0 fully saturated rings. The SMILES string of the molecule is CCC1CS(=O)(=O)C(c2ccccc2)=N1. The third-order valence-corrected chi connectivity index (χ3v) is 4.25. The fraction of sp³-hybridized carbons (Fsp3) is 0.364. The van der Waals surface area contributed by atoms with Crippen molar-refractivity contribution in [1.29, 1.82) is 0 Å². The maximum atomic E-state index is 11.8. The Kier molecular flexibility index (Phi) is 2.61. The number of aliphatic imine (C=N–C) groups is 1. The van der Waals surface area contributed by atoms with E-state index in [0.717, 1.165) is 6.42 Å². The summed E-state index contributed by atoms with van der Waals surface area (Å²) in [7, 11) is -3.15. The van der Waals surface area contributed by atoms with Gasteiger partial charge in [0.1, 0.15) is 0 Å². The molecule has 0 amide bonds. The Bertz CT molecular complexity index is 477. The van der Waals surface area contributed by atoms with Gasteiger partial charge in [0.25, 0.3) is 0 Å². The minimum absolute atomic E-state index is 0.0646. The molecule has 0 aromatic heterocycles. The van der Waals surface area contributed by atoms with Gasteiger partial charge in [-0.2, -0.15) is 0 Å². The van der Waals surface area contributed by atoms with Crippen molar-refractivity contribution in [1.82, 2.24) is 0 Å². The van der Waals surface area contributed by atoms with Crippen LogP contribution in [0.25, 0.3) is 0 Å². The Hall–Kier alpha value is -1.16. The van der Waals surface area contributed by atoms with E-state index in [1.807, 2.05) is 25.1 Å². The minimum atomic E-state index is -3.15. The van der Waals surface area contributed by atoms with E-state index in [1.165, 1.54) is 0 Å². The first-order valence-electron chi connectivity index (χ1n) is 4.99. The van der Waals surface area contributed by atoms with Crippen LogP contribution in [0.1, 0.15) is 18.9 Å². The van der Waals surface area contributed by atoms with Gasteiger partial charge in [-0.25, -0.2) is 8.42 Å². The number of sulfone groups is 1. The standard InChI is InChI=1S/C11H13NO2S/c1-2-10-8-15(13,14)11(12-10)9-6-4-3-5-7-9/h3-7,10H,2,8H2,1H3. The molecule has 1 unspecified atom stereocenters. The van der Waals surface area contributed by atoms with E-state index in [2.05, 4.69) is 4.99 Å². The molecule has 1 atom stereocenters. The molecule has 1 aromatic rings. The Labute approximate surface area is 89.8 Å². The lowest BCUT2D eigenvalue weighted by Gasteiger charge is -1.98. The van der Waals surface area contributed by atoms with Gasteiger partial charge in [0.15, 0.2) is 14.9 Å². The molecule has 0 N–H and O–H groups in total. The lowest BCUT2D eigenvalue weighted by Crippen LogP contribution is -2.15. The zero-order valence-corrected chi connectivity index (χ0v) is 9.37. The summed E-state index contributed by atoms with van der Waals surface area (Å²) in [5.74, 6) is 0.160. The summed E-state index contributed by atoms with van der Waals surface area (Å²) in [5, 5.41) is 0.259. The minimum Gasteiger partial charge on any atom is -0.269 e. The van der Waals surface area contributed by atoms with Crippen molar-refractivity contribution in [2.24, 2.45) is 4.99 Å². The highest BCUT2D eigenvalue weighted by atomic mass is 32.2. The van der Waals surface area contributed by atoms with Crippen molar-refractivity contribution in [3.63, 3.8) is 0 Å². The molecule has 1 aliphatic heterocycles. The van der Waals surface area contributed by atoms with E-state index in [0.29, 0.717) is 5.56 Å². The van der Waals surface area contributed by atoms with Crippen LogP contribution < -0.4 is 0 Å². The number of hydrogen-bond acceptors (Lipinski definition) is 3. The first kappa shape index (κ1) is 10.4. The Balaban J connectivity index is 2.45. The van der Waals surface area contributed by atoms with Gasteiger partial charge in [-0.15, -0.1) is 0 Å². The summed E-state index contributed by atoms with van der Waals surface area (Å²) in [6.45, 7) is 1.96. The molecule has 4 heteroatoms. The normalized spacial score (nSPS) is 23.8. The van der Waals surface area contributed by atoms with Crippen LogP contribution in [0.3, 0.4) is 0 Å². The smallest absolute Gasteiger partial charge is 0.197 e. The number of benzene rings is 1. The van der Waals surface area contributed by atoms with E-state index in [-0.39, 0.29) is 16.8 Å². The second-order valence-corrected chi connectivity index (χ2v) is 5.59. The van der Waals surface area contributed by atoms with Gasteiger partial charge < -0.3 is 0 Å². The van der Waals surface area contributed by atoms with Gasteiger partial charge in [-0.3, -0.25) is 4.99 Å². The zero-order valence-electron chi connectivity index (χ0n) is 8.55. The molecule has 0 radical (unpaired) electrons. The number of nitrogens with zero attached hydrogens (tertiary/aromatic N) is 1. The monoisotopic (exact) mass is 223 g/mol. The van der Waals surface area contributed by atoms with Gasteiger partial charge in [0.05, 0.1) is 11.8 Å². The molecule has 3 nitrogen and oxygen atoms in total. The molecule has 80 valence electrons. The number of hydrogen-bond donors (Lipinski definition) is 0. The fourth-order valence-electron chi connectivity index (χ4n) is 1.66. The highest BCUT2D eigenvalue weighted by molar-refractivity contribution is 8.07. The summed E-state index contributed by atoms with van der Waals surface area (Å²) < 4.78 is 23.6. The van der Waals surface area contributed by atoms with Crippen molar-refractivity contribution >= 4 is 14.9 Å². The zero-order chi connectivity index (χ0) is 10.9. The van der Waals surface area contributed by atoms with E-state index >= 15 is 0 Å². The van der Waals surface area contributed by atoms with Crippen LogP contribution in [0.5, 0.6) is 0 Å². The highest BCUT2D eigenvalue weighted by Gasteiger charge is 2.31. The van der Waals surface area contributed by atoms with Crippen LogP contribution in [0.2, 0.25) is 0 Å². The van der Waals surface area contributed by atoms with E-state index < -0.39 is 9.84 Å². The second-order valence-electron chi connectivity index (χ2n) is 3.64. The van der Waals surface area contributed by atoms with Gasteiger partial charge in [0, 0.05) is 5.56 Å². The van der Waals surface area contributed by atoms with E-state index in [9.17, 15) is 8.42 Å². The quantitative estimate of drug-likeness (QED) is 0.765. The molecule has 0 aliphatic carbocycles.